The van der Waals surface area contributed by atoms with E-state index in [1.807, 2.05) is 49.4 Å². The van der Waals surface area contributed by atoms with Crippen molar-refractivity contribution in [1.29, 1.82) is 0 Å². The first-order chi connectivity index (χ1) is 9.24. The van der Waals surface area contributed by atoms with E-state index in [2.05, 4.69) is 10.3 Å². The van der Waals surface area contributed by atoms with Crippen molar-refractivity contribution in [1.82, 2.24) is 4.98 Å². The Morgan fingerprint density at radius 1 is 1.21 bits per heavy atom. The summed E-state index contributed by atoms with van der Waals surface area (Å²) in [5.41, 5.74) is 5.23. The smallest absolute Gasteiger partial charge is 0.255 e. The number of fused-ring (bicyclic) bond motifs is 1. The molecule has 94 valence electrons. The van der Waals surface area contributed by atoms with Crippen LogP contribution in [0.15, 0.2) is 48.0 Å². The summed E-state index contributed by atoms with van der Waals surface area (Å²) in [6, 6.07) is 13.3. The van der Waals surface area contributed by atoms with Crippen LogP contribution in [0.1, 0.15) is 15.9 Å². The number of carbonyl (C=O) groups is 1. The van der Waals surface area contributed by atoms with E-state index in [1.165, 1.54) is 0 Å². The standard InChI is InChI=1S/C15H12N2OS/c1-10-4-2-3-5-12(10)15(18)17-11-6-7-13-14(8-11)19-9-16-13/h2-9H,1H3,(H,17,18). The molecule has 0 atom stereocenters. The molecule has 0 aliphatic rings. The highest BCUT2D eigenvalue weighted by Crippen LogP contribution is 2.22. The minimum Gasteiger partial charge on any atom is -0.322 e. The maximum atomic E-state index is 12.2. The summed E-state index contributed by atoms with van der Waals surface area (Å²) in [5.74, 6) is -0.0815. The zero-order chi connectivity index (χ0) is 13.2. The number of hydrogen-bond donors (Lipinski definition) is 1. The highest BCUT2D eigenvalue weighted by Gasteiger charge is 2.08. The third-order valence-corrected chi connectivity index (χ3v) is 3.77. The molecule has 3 rings (SSSR count). The SMILES string of the molecule is Cc1ccccc1C(=O)Nc1ccc2ncsc2c1. The van der Waals surface area contributed by atoms with Crippen LogP contribution in [-0.2, 0) is 0 Å². The van der Waals surface area contributed by atoms with Gasteiger partial charge in [0.2, 0.25) is 0 Å². The first-order valence-electron chi connectivity index (χ1n) is 5.94. The Bertz CT molecular complexity index is 748. The minimum absolute atomic E-state index is 0.0815. The summed E-state index contributed by atoms with van der Waals surface area (Å²) in [4.78, 5) is 16.4. The van der Waals surface area contributed by atoms with Crippen LogP contribution >= 0.6 is 11.3 Å². The topological polar surface area (TPSA) is 42.0 Å². The number of thiazole rings is 1. The molecule has 0 unspecified atom stereocenters. The fourth-order valence-corrected chi connectivity index (χ4v) is 2.68. The number of carbonyl (C=O) groups excluding carboxylic acids is 1. The van der Waals surface area contributed by atoms with Gasteiger partial charge in [0, 0.05) is 11.3 Å². The van der Waals surface area contributed by atoms with Crippen molar-refractivity contribution >= 4 is 33.1 Å². The number of rotatable bonds is 2. The van der Waals surface area contributed by atoms with Gasteiger partial charge in [0.15, 0.2) is 0 Å². The van der Waals surface area contributed by atoms with Gasteiger partial charge in [-0.2, -0.15) is 0 Å². The van der Waals surface area contributed by atoms with Crippen LogP contribution in [0.25, 0.3) is 10.2 Å². The molecule has 0 saturated carbocycles. The van der Waals surface area contributed by atoms with Gasteiger partial charge in [-0.1, -0.05) is 18.2 Å². The van der Waals surface area contributed by atoms with Crippen LogP contribution in [0.3, 0.4) is 0 Å². The fraction of sp³-hybridized carbons (Fsp3) is 0.0667. The second-order valence-electron chi connectivity index (χ2n) is 4.30. The van der Waals surface area contributed by atoms with Crippen molar-refractivity contribution in [3.8, 4) is 0 Å². The fourth-order valence-electron chi connectivity index (χ4n) is 1.96. The molecule has 0 saturated heterocycles. The second-order valence-corrected chi connectivity index (χ2v) is 5.19. The van der Waals surface area contributed by atoms with Crippen molar-refractivity contribution in [3.05, 3.63) is 59.1 Å². The molecule has 3 nitrogen and oxygen atoms in total. The average Bonchev–Trinajstić information content (AvgIpc) is 2.86. The molecule has 2 aromatic carbocycles. The van der Waals surface area contributed by atoms with Gasteiger partial charge >= 0.3 is 0 Å². The van der Waals surface area contributed by atoms with Crippen LogP contribution in [-0.4, -0.2) is 10.9 Å². The highest BCUT2D eigenvalue weighted by atomic mass is 32.1. The summed E-state index contributed by atoms with van der Waals surface area (Å²) in [5, 5.41) is 2.92. The van der Waals surface area contributed by atoms with Crippen LogP contribution < -0.4 is 5.32 Å². The number of hydrogen-bond acceptors (Lipinski definition) is 3. The van der Waals surface area contributed by atoms with Gasteiger partial charge in [-0.3, -0.25) is 4.79 Å². The number of aryl methyl sites for hydroxylation is 1. The molecule has 3 aromatic rings. The lowest BCUT2D eigenvalue weighted by Gasteiger charge is -2.07. The van der Waals surface area contributed by atoms with Crippen molar-refractivity contribution in [2.24, 2.45) is 0 Å². The molecular formula is C15H12N2OS. The normalized spacial score (nSPS) is 10.6. The van der Waals surface area contributed by atoms with Gasteiger partial charge < -0.3 is 5.32 Å². The Hall–Kier alpha value is -2.20. The molecule has 19 heavy (non-hydrogen) atoms. The Kier molecular flexibility index (Phi) is 3.01. The van der Waals surface area contributed by atoms with E-state index < -0.39 is 0 Å². The molecule has 1 N–H and O–H groups in total. The average molecular weight is 268 g/mol. The molecule has 0 radical (unpaired) electrons. The molecule has 0 bridgehead atoms. The summed E-state index contributed by atoms with van der Waals surface area (Å²) in [7, 11) is 0. The number of nitrogens with zero attached hydrogens (tertiary/aromatic N) is 1. The summed E-state index contributed by atoms with van der Waals surface area (Å²) < 4.78 is 1.07. The van der Waals surface area contributed by atoms with Gasteiger partial charge in [-0.15, -0.1) is 11.3 Å². The third-order valence-electron chi connectivity index (χ3n) is 2.98. The monoisotopic (exact) mass is 268 g/mol. The zero-order valence-electron chi connectivity index (χ0n) is 10.4. The van der Waals surface area contributed by atoms with Crippen molar-refractivity contribution < 1.29 is 4.79 Å². The number of benzene rings is 2. The van der Waals surface area contributed by atoms with Crippen molar-refractivity contribution in [2.75, 3.05) is 5.32 Å². The lowest BCUT2D eigenvalue weighted by molar-refractivity contribution is 0.102. The number of nitrogens with one attached hydrogen (secondary N) is 1. The second kappa shape index (κ2) is 4.82. The van der Waals surface area contributed by atoms with Crippen LogP contribution in [0.2, 0.25) is 0 Å². The van der Waals surface area contributed by atoms with Crippen LogP contribution in [0.4, 0.5) is 5.69 Å². The highest BCUT2D eigenvalue weighted by molar-refractivity contribution is 7.16. The van der Waals surface area contributed by atoms with E-state index in [1.54, 1.807) is 16.8 Å². The van der Waals surface area contributed by atoms with Gasteiger partial charge in [0.1, 0.15) is 0 Å². The lowest BCUT2D eigenvalue weighted by atomic mass is 10.1. The van der Waals surface area contributed by atoms with Crippen LogP contribution in [0.5, 0.6) is 0 Å². The van der Waals surface area contributed by atoms with E-state index in [-0.39, 0.29) is 5.91 Å². The molecule has 1 heterocycles. The Balaban J connectivity index is 1.88. The van der Waals surface area contributed by atoms with E-state index in [0.717, 1.165) is 21.5 Å². The molecular weight excluding hydrogens is 256 g/mol. The molecule has 0 aliphatic heterocycles. The number of amides is 1. The van der Waals surface area contributed by atoms with Crippen molar-refractivity contribution in [3.63, 3.8) is 0 Å². The molecule has 0 aliphatic carbocycles. The summed E-state index contributed by atoms with van der Waals surface area (Å²) in [6.07, 6.45) is 0. The molecule has 1 aromatic heterocycles. The zero-order valence-corrected chi connectivity index (χ0v) is 11.2. The molecule has 0 fully saturated rings. The van der Waals surface area contributed by atoms with E-state index in [9.17, 15) is 4.79 Å². The third kappa shape index (κ3) is 2.35. The maximum Gasteiger partial charge on any atom is 0.255 e. The van der Waals surface area contributed by atoms with E-state index in [4.69, 9.17) is 0 Å². The predicted octanol–water partition coefficient (Wildman–Crippen LogP) is 3.86. The lowest BCUT2D eigenvalue weighted by Crippen LogP contribution is -2.13. The van der Waals surface area contributed by atoms with Crippen molar-refractivity contribution in [2.45, 2.75) is 6.92 Å². The predicted molar refractivity (Wildman–Crippen MR) is 78.8 cm³/mol. The first kappa shape index (κ1) is 11.9. The van der Waals surface area contributed by atoms with Crippen LogP contribution in [0, 0.1) is 6.92 Å². The quantitative estimate of drug-likeness (QED) is 0.767. The maximum absolute atomic E-state index is 12.2. The Morgan fingerprint density at radius 3 is 2.89 bits per heavy atom. The minimum atomic E-state index is -0.0815. The molecule has 1 amide bonds. The first-order valence-corrected chi connectivity index (χ1v) is 6.82. The van der Waals surface area contributed by atoms with E-state index >= 15 is 0 Å². The Morgan fingerprint density at radius 2 is 2.05 bits per heavy atom. The number of aromatic nitrogens is 1. The largest absolute Gasteiger partial charge is 0.322 e. The summed E-state index contributed by atoms with van der Waals surface area (Å²) >= 11 is 1.57. The van der Waals surface area contributed by atoms with Gasteiger partial charge in [-0.05, 0) is 36.8 Å². The molecule has 4 heteroatoms. The Labute approximate surface area is 114 Å². The van der Waals surface area contributed by atoms with Gasteiger partial charge in [0.05, 0.1) is 15.7 Å². The van der Waals surface area contributed by atoms with Gasteiger partial charge in [-0.25, -0.2) is 4.98 Å². The number of anilines is 1. The summed E-state index contributed by atoms with van der Waals surface area (Å²) in [6.45, 7) is 1.93. The van der Waals surface area contributed by atoms with Gasteiger partial charge in [0.25, 0.3) is 5.91 Å². The van der Waals surface area contributed by atoms with E-state index in [0.29, 0.717) is 5.56 Å². The molecule has 0 spiro atoms.